The molecule has 0 aliphatic carbocycles. The van der Waals surface area contributed by atoms with E-state index >= 15 is 0 Å². The van der Waals surface area contributed by atoms with E-state index in [1.807, 2.05) is 27.7 Å². The van der Waals surface area contributed by atoms with E-state index in [9.17, 15) is 4.39 Å². The molecular formula is C13H21FN2O. The maximum Gasteiger partial charge on any atom is 0.250 e. The number of pyridine rings is 1. The molecule has 3 nitrogen and oxygen atoms in total. The third kappa shape index (κ3) is 4.30. The van der Waals surface area contributed by atoms with E-state index in [-0.39, 0.29) is 17.8 Å². The lowest BCUT2D eigenvalue weighted by molar-refractivity contribution is 0.197. The molecule has 17 heavy (non-hydrogen) atoms. The van der Waals surface area contributed by atoms with E-state index in [0.717, 1.165) is 6.42 Å². The lowest BCUT2D eigenvalue weighted by Gasteiger charge is -2.14. The third-order valence-corrected chi connectivity index (χ3v) is 2.53. The van der Waals surface area contributed by atoms with Gasteiger partial charge < -0.3 is 10.1 Å². The summed E-state index contributed by atoms with van der Waals surface area (Å²) in [5, 5.41) is 3.17. The molecule has 0 bridgehead atoms. The Morgan fingerprint density at radius 2 is 2.12 bits per heavy atom. The van der Waals surface area contributed by atoms with Crippen LogP contribution in [0.15, 0.2) is 12.3 Å². The van der Waals surface area contributed by atoms with Gasteiger partial charge in [0.1, 0.15) is 0 Å². The van der Waals surface area contributed by atoms with E-state index in [4.69, 9.17) is 4.74 Å². The fraction of sp³-hybridized carbons (Fsp3) is 0.615. The molecule has 1 aromatic rings. The molecule has 1 N–H and O–H groups in total. The standard InChI is InChI=1S/C13H21FN2O/c1-5-10(4)17-13-12(14)11(6-7-15-13)8-16-9(2)3/h6-7,9-10,16H,5,8H2,1-4H3. The predicted molar refractivity (Wildman–Crippen MR) is 66.6 cm³/mol. The fourth-order valence-electron chi connectivity index (χ4n) is 1.27. The number of aromatic nitrogens is 1. The van der Waals surface area contributed by atoms with Crippen LogP contribution in [0.25, 0.3) is 0 Å². The van der Waals surface area contributed by atoms with Crippen LogP contribution in [0.3, 0.4) is 0 Å². The maximum absolute atomic E-state index is 14.0. The van der Waals surface area contributed by atoms with Crippen molar-refractivity contribution in [3.05, 3.63) is 23.6 Å². The van der Waals surface area contributed by atoms with Gasteiger partial charge >= 0.3 is 0 Å². The molecule has 0 aliphatic rings. The minimum absolute atomic E-state index is 0.0229. The van der Waals surface area contributed by atoms with Crippen LogP contribution in [-0.4, -0.2) is 17.1 Å². The van der Waals surface area contributed by atoms with Gasteiger partial charge in [-0.3, -0.25) is 0 Å². The monoisotopic (exact) mass is 240 g/mol. The van der Waals surface area contributed by atoms with Crippen molar-refractivity contribution < 1.29 is 9.13 Å². The Labute approximate surface area is 102 Å². The van der Waals surface area contributed by atoms with Gasteiger partial charge in [0.05, 0.1) is 6.10 Å². The van der Waals surface area contributed by atoms with E-state index in [1.165, 1.54) is 0 Å². The zero-order valence-corrected chi connectivity index (χ0v) is 11.0. The summed E-state index contributed by atoms with van der Waals surface area (Å²) in [6, 6.07) is 2.00. The smallest absolute Gasteiger partial charge is 0.250 e. The van der Waals surface area contributed by atoms with Crippen molar-refractivity contribution >= 4 is 0 Å². The zero-order chi connectivity index (χ0) is 12.8. The molecule has 1 rings (SSSR count). The molecule has 0 aromatic carbocycles. The SMILES string of the molecule is CCC(C)Oc1nccc(CNC(C)C)c1F. The molecule has 0 aliphatic heterocycles. The number of halogens is 1. The summed E-state index contributed by atoms with van der Waals surface area (Å²) >= 11 is 0. The van der Waals surface area contributed by atoms with Crippen molar-refractivity contribution in [1.82, 2.24) is 10.3 Å². The Balaban J connectivity index is 2.76. The molecule has 0 saturated carbocycles. The first-order valence-electron chi connectivity index (χ1n) is 6.08. The highest BCUT2D eigenvalue weighted by Gasteiger charge is 2.12. The number of nitrogens with zero attached hydrogens (tertiary/aromatic N) is 1. The first kappa shape index (κ1) is 13.9. The number of rotatable bonds is 6. The molecule has 1 aromatic heterocycles. The molecule has 0 saturated heterocycles. The Bertz CT molecular complexity index is 355. The van der Waals surface area contributed by atoms with Crippen molar-refractivity contribution in [3.8, 4) is 5.88 Å². The van der Waals surface area contributed by atoms with Gasteiger partial charge in [0, 0.05) is 24.3 Å². The summed E-state index contributed by atoms with van der Waals surface area (Å²) < 4.78 is 19.4. The van der Waals surface area contributed by atoms with Crippen molar-refractivity contribution in [1.29, 1.82) is 0 Å². The van der Waals surface area contributed by atoms with Gasteiger partial charge in [-0.15, -0.1) is 0 Å². The van der Waals surface area contributed by atoms with Crippen molar-refractivity contribution in [3.63, 3.8) is 0 Å². The first-order chi connectivity index (χ1) is 8.04. The Kier molecular flexibility index (Phi) is 5.35. The molecule has 0 amide bonds. The molecule has 0 fully saturated rings. The average Bonchev–Trinajstić information content (AvgIpc) is 2.30. The molecule has 96 valence electrons. The first-order valence-corrected chi connectivity index (χ1v) is 6.08. The van der Waals surface area contributed by atoms with Gasteiger partial charge in [0.25, 0.3) is 5.88 Å². The summed E-state index contributed by atoms with van der Waals surface area (Å²) in [4.78, 5) is 3.93. The number of hydrogen-bond donors (Lipinski definition) is 1. The minimum atomic E-state index is -0.360. The normalized spacial score (nSPS) is 12.8. The van der Waals surface area contributed by atoms with Crippen LogP contribution < -0.4 is 10.1 Å². The van der Waals surface area contributed by atoms with Crippen molar-refractivity contribution in [2.75, 3.05) is 0 Å². The van der Waals surface area contributed by atoms with Crippen LogP contribution in [0.2, 0.25) is 0 Å². The van der Waals surface area contributed by atoms with Gasteiger partial charge in [-0.05, 0) is 19.4 Å². The van der Waals surface area contributed by atoms with Crippen molar-refractivity contribution in [2.24, 2.45) is 0 Å². The Hall–Kier alpha value is -1.16. The lowest BCUT2D eigenvalue weighted by atomic mass is 10.2. The zero-order valence-electron chi connectivity index (χ0n) is 11.0. The number of nitrogens with one attached hydrogen (secondary N) is 1. The highest BCUT2D eigenvalue weighted by Crippen LogP contribution is 2.19. The topological polar surface area (TPSA) is 34.1 Å². The van der Waals surface area contributed by atoms with E-state index < -0.39 is 0 Å². The second-order valence-electron chi connectivity index (χ2n) is 4.46. The summed E-state index contributed by atoms with van der Waals surface area (Å²) in [6.07, 6.45) is 2.39. The Morgan fingerprint density at radius 1 is 1.41 bits per heavy atom. The van der Waals surface area contributed by atoms with Crippen LogP contribution in [0.1, 0.15) is 39.7 Å². The van der Waals surface area contributed by atoms with Gasteiger partial charge in [0.15, 0.2) is 5.82 Å². The fourth-order valence-corrected chi connectivity index (χ4v) is 1.27. The summed E-state index contributed by atoms with van der Waals surface area (Å²) in [6.45, 7) is 8.43. The maximum atomic E-state index is 14.0. The quantitative estimate of drug-likeness (QED) is 0.830. The third-order valence-electron chi connectivity index (χ3n) is 2.53. The van der Waals surface area contributed by atoms with Gasteiger partial charge in [-0.1, -0.05) is 20.8 Å². The largest absolute Gasteiger partial charge is 0.473 e. The van der Waals surface area contributed by atoms with Crippen LogP contribution in [0, 0.1) is 5.82 Å². The molecule has 4 heteroatoms. The van der Waals surface area contributed by atoms with E-state index in [1.54, 1.807) is 12.3 Å². The second kappa shape index (κ2) is 6.55. The Morgan fingerprint density at radius 3 is 2.71 bits per heavy atom. The van der Waals surface area contributed by atoms with E-state index in [0.29, 0.717) is 18.2 Å². The summed E-state index contributed by atoms with van der Waals surface area (Å²) in [5.74, 6) is -0.261. The highest BCUT2D eigenvalue weighted by atomic mass is 19.1. The number of ether oxygens (including phenoxy) is 1. The van der Waals surface area contributed by atoms with Gasteiger partial charge in [-0.2, -0.15) is 0 Å². The molecular weight excluding hydrogens is 219 g/mol. The van der Waals surface area contributed by atoms with Crippen LogP contribution in [0.5, 0.6) is 5.88 Å². The minimum Gasteiger partial charge on any atom is -0.473 e. The molecule has 0 spiro atoms. The summed E-state index contributed by atoms with van der Waals surface area (Å²) in [5.41, 5.74) is 0.590. The van der Waals surface area contributed by atoms with Crippen LogP contribution in [-0.2, 0) is 6.54 Å². The highest BCUT2D eigenvalue weighted by molar-refractivity contribution is 5.23. The second-order valence-corrected chi connectivity index (χ2v) is 4.46. The average molecular weight is 240 g/mol. The molecule has 1 heterocycles. The number of hydrogen-bond acceptors (Lipinski definition) is 3. The van der Waals surface area contributed by atoms with E-state index in [2.05, 4.69) is 10.3 Å². The summed E-state index contributed by atoms with van der Waals surface area (Å²) in [7, 11) is 0. The molecule has 0 radical (unpaired) electrons. The predicted octanol–water partition coefficient (Wildman–Crippen LogP) is 2.90. The van der Waals surface area contributed by atoms with Crippen LogP contribution >= 0.6 is 0 Å². The van der Waals surface area contributed by atoms with Crippen LogP contribution in [0.4, 0.5) is 4.39 Å². The molecule has 1 unspecified atom stereocenters. The van der Waals surface area contributed by atoms with Gasteiger partial charge in [0.2, 0.25) is 0 Å². The lowest BCUT2D eigenvalue weighted by Crippen LogP contribution is -2.23. The van der Waals surface area contributed by atoms with Gasteiger partial charge in [-0.25, -0.2) is 9.37 Å². The molecule has 1 atom stereocenters. The van der Waals surface area contributed by atoms with Crippen molar-refractivity contribution in [2.45, 2.75) is 52.8 Å².